The standard InChI is InChI=1S/C9H11N3O3/c10-2-5-1-6(4-12-9(5)15)8(14)7(13)3-11/h1,4,7-8,13-14H,3,11H2,(H,12,15). The van der Waals surface area contributed by atoms with Crippen LogP contribution in [0.25, 0.3) is 0 Å². The second-order valence-electron chi connectivity index (χ2n) is 3.04. The molecule has 1 heterocycles. The second kappa shape index (κ2) is 4.70. The van der Waals surface area contributed by atoms with Crippen LogP contribution in [-0.4, -0.2) is 27.8 Å². The number of nitrogens with one attached hydrogen (secondary N) is 1. The number of rotatable bonds is 3. The Morgan fingerprint density at radius 2 is 2.27 bits per heavy atom. The zero-order valence-corrected chi connectivity index (χ0v) is 7.84. The summed E-state index contributed by atoms with van der Waals surface area (Å²) in [5.74, 6) is 0. The first kappa shape index (κ1) is 11.4. The molecule has 0 aliphatic heterocycles. The van der Waals surface area contributed by atoms with Gasteiger partial charge in [-0.15, -0.1) is 0 Å². The molecule has 15 heavy (non-hydrogen) atoms. The van der Waals surface area contributed by atoms with E-state index in [1.54, 1.807) is 6.07 Å². The number of aliphatic hydroxyl groups excluding tert-OH is 2. The van der Waals surface area contributed by atoms with Gasteiger partial charge in [-0.2, -0.15) is 5.26 Å². The Labute approximate surface area is 85.6 Å². The van der Waals surface area contributed by atoms with E-state index in [1.165, 1.54) is 12.3 Å². The summed E-state index contributed by atoms with van der Waals surface area (Å²) in [4.78, 5) is 13.3. The molecule has 0 aliphatic carbocycles. The van der Waals surface area contributed by atoms with Crippen LogP contribution in [0, 0.1) is 11.3 Å². The van der Waals surface area contributed by atoms with Crippen LogP contribution in [0.4, 0.5) is 0 Å². The molecule has 6 nitrogen and oxygen atoms in total. The van der Waals surface area contributed by atoms with Crippen molar-refractivity contribution in [3.8, 4) is 6.07 Å². The Hall–Kier alpha value is -1.68. The van der Waals surface area contributed by atoms with Crippen LogP contribution in [-0.2, 0) is 0 Å². The van der Waals surface area contributed by atoms with Crippen molar-refractivity contribution in [3.05, 3.63) is 33.7 Å². The van der Waals surface area contributed by atoms with Gasteiger partial charge in [0.05, 0.1) is 6.10 Å². The van der Waals surface area contributed by atoms with Gasteiger partial charge in [-0.3, -0.25) is 4.79 Å². The van der Waals surface area contributed by atoms with Crippen molar-refractivity contribution in [3.63, 3.8) is 0 Å². The van der Waals surface area contributed by atoms with Crippen LogP contribution in [0.2, 0.25) is 0 Å². The zero-order chi connectivity index (χ0) is 11.4. The number of aromatic nitrogens is 1. The first-order valence-electron chi connectivity index (χ1n) is 4.29. The summed E-state index contributed by atoms with van der Waals surface area (Å²) in [5.41, 5.74) is 4.77. The van der Waals surface area contributed by atoms with Crippen LogP contribution in [0.1, 0.15) is 17.2 Å². The zero-order valence-electron chi connectivity index (χ0n) is 7.84. The van der Waals surface area contributed by atoms with Crippen molar-refractivity contribution in [1.82, 2.24) is 4.98 Å². The molecule has 0 saturated heterocycles. The fourth-order valence-corrected chi connectivity index (χ4v) is 1.11. The van der Waals surface area contributed by atoms with Crippen molar-refractivity contribution < 1.29 is 10.2 Å². The molecule has 0 fully saturated rings. The monoisotopic (exact) mass is 209 g/mol. The summed E-state index contributed by atoms with van der Waals surface area (Å²) in [5, 5.41) is 27.4. The fraction of sp³-hybridized carbons (Fsp3) is 0.333. The van der Waals surface area contributed by atoms with Gasteiger partial charge in [0.1, 0.15) is 17.7 Å². The number of pyridine rings is 1. The van der Waals surface area contributed by atoms with Gasteiger partial charge in [-0.1, -0.05) is 0 Å². The Morgan fingerprint density at radius 3 is 2.80 bits per heavy atom. The minimum atomic E-state index is -1.21. The molecular formula is C9H11N3O3. The fourth-order valence-electron chi connectivity index (χ4n) is 1.11. The summed E-state index contributed by atoms with van der Waals surface area (Å²) in [6.45, 7) is -0.109. The van der Waals surface area contributed by atoms with E-state index in [9.17, 15) is 15.0 Å². The second-order valence-corrected chi connectivity index (χ2v) is 3.04. The Morgan fingerprint density at radius 1 is 1.60 bits per heavy atom. The molecule has 80 valence electrons. The van der Waals surface area contributed by atoms with Crippen LogP contribution in [0.15, 0.2) is 17.1 Å². The Bertz CT molecular complexity index is 435. The highest BCUT2D eigenvalue weighted by molar-refractivity contribution is 5.30. The molecule has 6 heteroatoms. The lowest BCUT2D eigenvalue weighted by Gasteiger charge is -2.15. The van der Waals surface area contributed by atoms with Gasteiger partial charge >= 0.3 is 0 Å². The SMILES string of the molecule is N#Cc1cc(C(O)C(O)CN)c[nH]c1=O. The van der Waals surface area contributed by atoms with Gasteiger partial charge in [-0.05, 0) is 6.07 Å². The molecule has 1 aromatic rings. The van der Waals surface area contributed by atoms with E-state index in [-0.39, 0.29) is 17.7 Å². The molecule has 0 saturated carbocycles. The van der Waals surface area contributed by atoms with Gasteiger partial charge in [-0.25, -0.2) is 0 Å². The van der Waals surface area contributed by atoms with Crippen LogP contribution >= 0.6 is 0 Å². The molecule has 5 N–H and O–H groups in total. The van der Waals surface area contributed by atoms with Gasteiger partial charge in [0.15, 0.2) is 0 Å². The lowest BCUT2D eigenvalue weighted by atomic mass is 10.1. The maximum atomic E-state index is 11.0. The summed E-state index contributed by atoms with van der Waals surface area (Å²) in [6.07, 6.45) is -1.09. The van der Waals surface area contributed by atoms with Crippen LogP contribution < -0.4 is 11.3 Å². The number of nitriles is 1. The number of nitrogens with zero attached hydrogens (tertiary/aromatic N) is 1. The predicted octanol–water partition coefficient (Wildman–Crippen LogP) is -1.40. The molecule has 1 aromatic heterocycles. The molecule has 1 rings (SSSR count). The summed E-state index contributed by atoms with van der Waals surface area (Å²) < 4.78 is 0. The Kier molecular flexibility index (Phi) is 3.57. The summed E-state index contributed by atoms with van der Waals surface area (Å²) in [6, 6.07) is 2.90. The van der Waals surface area contributed by atoms with Gasteiger partial charge in [0, 0.05) is 18.3 Å². The summed E-state index contributed by atoms with van der Waals surface area (Å²) in [7, 11) is 0. The highest BCUT2D eigenvalue weighted by Gasteiger charge is 2.17. The third-order valence-electron chi connectivity index (χ3n) is 1.99. The first-order chi connectivity index (χ1) is 7.10. The summed E-state index contributed by atoms with van der Waals surface area (Å²) >= 11 is 0. The first-order valence-corrected chi connectivity index (χ1v) is 4.29. The maximum Gasteiger partial charge on any atom is 0.265 e. The number of nitrogens with two attached hydrogens (primary N) is 1. The predicted molar refractivity (Wildman–Crippen MR) is 51.8 cm³/mol. The molecule has 2 atom stereocenters. The van der Waals surface area contributed by atoms with E-state index in [0.29, 0.717) is 0 Å². The van der Waals surface area contributed by atoms with Crippen molar-refractivity contribution in [2.75, 3.05) is 6.54 Å². The molecule has 0 radical (unpaired) electrons. The van der Waals surface area contributed by atoms with Gasteiger partial charge in [0.2, 0.25) is 0 Å². The number of aliphatic hydroxyl groups is 2. The average Bonchev–Trinajstić information content (AvgIpc) is 2.27. The van der Waals surface area contributed by atoms with Gasteiger partial charge < -0.3 is 20.9 Å². The van der Waals surface area contributed by atoms with Crippen molar-refractivity contribution in [2.45, 2.75) is 12.2 Å². The van der Waals surface area contributed by atoms with E-state index in [0.717, 1.165) is 0 Å². The van der Waals surface area contributed by atoms with Gasteiger partial charge in [0.25, 0.3) is 5.56 Å². The number of H-pyrrole nitrogens is 1. The highest BCUT2D eigenvalue weighted by atomic mass is 16.3. The topological polar surface area (TPSA) is 123 Å². The number of hydrogen-bond donors (Lipinski definition) is 4. The third kappa shape index (κ3) is 2.41. The quantitative estimate of drug-likeness (QED) is 0.487. The van der Waals surface area contributed by atoms with E-state index >= 15 is 0 Å². The number of hydrogen-bond acceptors (Lipinski definition) is 5. The van der Waals surface area contributed by atoms with Crippen LogP contribution in [0.3, 0.4) is 0 Å². The third-order valence-corrected chi connectivity index (χ3v) is 1.99. The molecule has 0 bridgehead atoms. The molecule has 0 spiro atoms. The average molecular weight is 209 g/mol. The normalized spacial score (nSPS) is 14.3. The van der Waals surface area contributed by atoms with Crippen molar-refractivity contribution in [1.29, 1.82) is 5.26 Å². The van der Waals surface area contributed by atoms with E-state index in [4.69, 9.17) is 11.0 Å². The Balaban J connectivity index is 3.07. The minimum Gasteiger partial charge on any atom is -0.389 e. The molecule has 0 amide bonds. The van der Waals surface area contributed by atoms with Crippen molar-refractivity contribution in [2.24, 2.45) is 5.73 Å². The van der Waals surface area contributed by atoms with Crippen molar-refractivity contribution >= 4 is 0 Å². The lowest BCUT2D eigenvalue weighted by molar-refractivity contribution is 0.0241. The molecule has 0 aliphatic rings. The molecule has 2 unspecified atom stereocenters. The molecular weight excluding hydrogens is 198 g/mol. The van der Waals surface area contributed by atoms with E-state index < -0.39 is 17.8 Å². The highest BCUT2D eigenvalue weighted by Crippen LogP contribution is 2.14. The van der Waals surface area contributed by atoms with E-state index in [2.05, 4.69) is 4.98 Å². The largest absolute Gasteiger partial charge is 0.389 e. The van der Waals surface area contributed by atoms with E-state index in [1.807, 2.05) is 0 Å². The lowest BCUT2D eigenvalue weighted by Crippen LogP contribution is -2.28. The number of aromatic amines is 1. The maximum absolute atomic E-state index is 11.0. The molecule has 0 aromatic carbocycles. The van der Waals surface area contributed by atoms with Crippen LogP contribution in [0.5, 0.6) is 0 Å². The smallest absolute Gasteiger partial charge is 0.265 e. The minimum absolute atomic E-state index is 0.109.